The lowest BCUT2D eigenvalue weighted by Crippen LogP contribution is -1.80. The minimum absolute atomic E-state index is 0.199. The van der Waals surface area contributed by atoms with Crippen molar-refractivity contribution < 1.29 is 10.0 Å². The Kier molecular flexibility index (Phi) is 2.39. The third kappa shape index (κ3) is 2.13. The van der Waals surface area contributed by atoms with Crippen LogP contribution in [0.4, 0.5) is 0 Å². The first-order valence-corrected chi connectivity index (χ1v) is 5.01. The number of phenolic OH excluding ortho intramolecular Hbond substituents is 1. The summed E-state index contributed by atoms with van der Waals surface area (Å²) in [4.78, 5) is 10.4. The van der Waals surface area contributed by atoms with Crippen molar-refractivity contribution >= 4 is 27.5 Å². The van der Waals surface area contributed by atoms with Crippen molar-refractivity contribution in [2.24, 2.45) is 0 Å². The van der Waals surface area contributed by atoms with E-state index >= 15 is 0 Å². The molecule has 15 heavy (non-hydrogen) atoms. The molecule has 2 aromatic rings. The van der Waals surface area contributed by atoms with Gasteiger partial charge in [0.05, 0.1) is 4.92 Å². The van der Waals surface area contributed by atoms with Crippen molar-refractivity contribution in [3.63, 3.8) is 0 Å². The Morgan fingerprint density at radius 3 is 2.93 bits per heavy atom. The van der Waals surface area contributed by atoms with E-state index in [9.17, 15) is 15.2 Å². The third-order valence-electron chi connectivity index (χ3n) is 1.88. The molecule has 0 atom stereocenters. The van der Waals surface area contributed by atoms with Gasteiger partial charge in [0, 0.05) is 15.7 Å². The maximum absolute atomic E-state index is 10.1. The zero-order valence-corrected chi connectivity index (χ0v) is 8.40. The molecule has 2 rings (SSSR count). The van der Waals surface area contributed by atoms with Crippen molar-refractivity contribution in [2.45, 2.75) is 0 Å². The lowest BCUT2D eigenvalue weighted by atomic mass is 10.2. The maximum atomic E-state index is 10.1. The van der Waals surface area contributed by atoms with Crippen LogP contribution >= 0.6 is 11.3 Å². The molecule has 0 aliphatic carbocycles. The summed E-state index contributed by atoms with van der Waals surface area (Å²) in [6.45, 7) is 0. The first-order valence-electron chi connectivity index (χ1n) is 4.19. The summed E-state index contributed by atoms with van der Waals surface area (Å²) >= 11 is 1.45. The summed E-state index contributed by atoms with van der Waals surface area (Å²) < 4.78 is 0.996. The largest absolute Gasteiger partial charge is 0.508 e. The first kappa shape index (κ1) is 9.67. The second kappa shape index (κ2) is 3.70. The van der Waals surface area contributed by atoms with Gasteiger partial charge in [-0.25, -0.2) is 0 Å². The van der Waals surface area contributed by atoms with Gasteiger partial charge in [0.25, 0.3) is 0 Å². The summed E-state index contributed by atoms with van der Waals surface area (Å²) in [5.41, 5.74) is 0. The summed E-state index contributed by atoms with van der Waals surface area (Å²) in [6, 6.07) is 6.83. The number of hydrogen-bond acceptors (Lipinski definition) is 4. The number of benzene rings is 1. The number of fused-ring (bicyclic) bond motifs is 1. The minimum Gasteiger partial charge on any atom is -0.508 e. The Morgan fingerprint density at radius 1 is 1.40 bits per heavy atom. The zero-order valence-electron chi connectivity index (χ0n) is 7.58. The average molecular weight is 221 g/mol. The smallest absolute Gasteiger partial charge is 0.235 e. The Labute approximate surface area is 89.2 Å². The summed E-state index contributed by atoms with van der Waals surface area (Å²) in [5, 5.41) is 20.3. The van der Waals surface area contributed by atoms with Crippen molar-refractivity contribution in [3.05, 3.63) is 45.5 Å². The van der Waals surface area contributed by atoms with Gasteiger partial charge in [-0.15, -0.1) is 11.3 Å². The molecule has 0 bridgehead atoms. The molecule has 0 spiro atoms. The molecule has 0 unspecified atom stereocenters. The van der Waals surface area contributed by atoms with E-state index in [0.717, 1.165) is 21.2 Å². The van der Waals surface area contributed by atoms with Crippen LogP contribution in [0.2, 0.25) is 0 Å². The second-order valence-corrected chi connectivity index (χ2v) is 4.09. The van der Waals surface area contributed by atoms with E-state index in [2.05, 4.69) is 0 Å². The molecule has 1 N–H and O–H groups in total. The van der Waals surface area contributed by atoms with E-state index in [0.29, 0.717) is 0 Å². The predicted molar refractivity (Wildman–Crippen MR) is 59.5 cm³/mol. The number of nitro groups is 1. The van der Waals surface area contributed by atoms with Gasteiger partial charge < -0.3 is 5.11 Å². The number of nitrogens with zero attached hydrogens (tertiary/aromatic N) is 1. The summed E-state index contributed by atoms with van der Waals surface area (Å²) in [6.07, 6.45) is 2.35. The van der Waals surface area contributed by atoms with E-state index in [4.69, 9.17) is 0 Å². The van der Waals surface area contributed by atoms with E-state index in [1.165, 1.54) is 17.4 Å². The van der Waals surface area contributed by atoms with Gasteiger partial charge in [-0.3, -0.25) is 10.1 Å². The Balaban J connectivity index is 2.43. The van der Waals surface area contributed by atoms with E-state index < -0.39 is 4.92 Å². The lowest BCUT2D eigenvalue weighted by molar-refractivity contribution is -0.400. The molecule has 0 aliphatic rings. The highest BCUT2D eigenvalue weighted by Crippen LogP contribution is 2.29. The molecule has 0 saturated heterocycles. The molecule has 0 radical (unpaired) electrons. The summed E-state index contributed by atoms with van der Waals surface area (Å²) in [5.74, 6) is 0.199. The van der Waals surface area contributed by atoms with Crippen LogP contribution in [0.25, 0.3) is 16.2 Å². The molecule has 1 aromatic carbocycles. The van der Waals surface area contributed by atoms with Gasteiger partial charge in [0.15, 0.2) is 0 Å². The monoisotopic (exact) mass is 221 g/mol. The molecule has 4 nitrogen and oxygen atoms in total. The molecule has 0 aliphatic heterocycles. The second-order valence-electron chi connectivity index (χ2n) is 2.97. The highest BCUT2D eigenvalue weighted by Gasteiger charge is 2.01. The highest BCUT2D eigenvalue weighted by atomic mass is 32.1. The van der Waals surface area contributed by atoms with Gasteiger partial charge in [-0.1, -0.05) is 0 Å². The maximum Gasteiger partial charge on any atom is 0.235 e. The first-order chi connectivity index (χ1) is 7.15. The fourth-order valence-corrected chi connectivity index (χ4v) is 2.21. The molecule has 0 fully saturated rings. The molecule has 5 heteroatoms. The van der Waals surface area contributed by atoms with Crippen molar-refractivity contribution in [3.8, 4) is 5.75 Å². The van der Waals surface area contributed by atoms with Crippen molar-refractivity contribution in [1.82, 2.24) is 0 Å². The summed E-state index contributed by atoms with van der Waals surface area (Å²) in [7, 11) is 0. The van der Waals surface area contributed by atoms with Gasteiger partial charge in [0.1, 0.15) is 5.75 Å². The number of hydrogen-bond donors (Lipinski definition) is 1. The lowest BCUT2D eigenvalue weighted by Gasteiger charge is -1.89. The van der Waals surface area contributed by atoms with E-state index in [1.54, 1.807) is 24.3 Å². The van der Waals surface area contributed by atoms with Crippen molar-refractivity contribution in [2.75, 3.05) is 0 Å². The quantitative estimate of drug-likeness (QED) is 0.626. The van der Waals surface area contributed by atoms with Crippen molar-refractivity contribution in [1.29, 1.82) is 0 Å². The standard InChI is InChI=1S/C10H7NO3S/c12-8-1-2-10-7(5-8)6-9(15-10)3-4-11(13)14/h1-6,12H. The predicted octanol–water partition coefficient (Wildman–Crippen LogP) is 2.85. The van der Waals surface area contributed by atoms with Crippen LogP contribution in [0.5, 0.6) is 5.75 Å². The van der Waals surface area contributed by atoms with Crippen LogP contribution in [-0.2, 0) is 0 Å². The number of thiophene rings is 1. The van der Waals surface area contributed by atoms with Crippen LogP contribution < -0.4 is 0 Å². The number of rotatable bonds is 2. The molecule has 0 saturated carbocycles. The molecular weight excluding hydrogens is 214 g/mol. The van der Waals surface area contributed by atoms with Gasteiger partial charge in [-0.2, -0.15) is 0 Å². The fraction of sp³-hybridized carbons (Fsp3) is 0. The van der Waals surface area contributed by atoms with Gasteiger partial charge >= 0.3 is 0 Å². The van der Waals surface area contributed by atoms with Crippen LogP contribution in [0.1, 0.15) is 4.88 Å². The molecule has 1 heterocycles. The van der Waals surface area contributed by atoms with E-state index in [1.807, 2.05) is 0 Å². The van der Waals surface area contributed by atoms with Crippen LogP contribution in [0, 0.1) is 10.1 Å². The van der Waals surface area contributed by atoms with Crippen LogP contribution in [-0.4, -0.2) is 10.0 Å². The average Bonchev–Trinajstić information content (AvgIpc) is 2.56. The topological polar surface area (TPSA) is 63.4 Å². The Morgan fingerprint density at radius 2 is 2.20 bits per heavy atom. The zero-order chi connectivity index (χ0) is 10.8. The fourth-order valence-electron chi connectivity index (χ4n) is 1.27. The SMILES string of the molecule is O=[N+]([O-])C=Cc1cc2cc(O)ccc2s1. The molecule has 0 amide bonds. The van der Waals surface area contributed by atoms with E-state index in [-0.39, 0.29) is 5.75 Å². The number of aromatic hydroxyl groups is 1. The van der Waals surface area contributed by atoms with Gasteiger partial charge in [-0.05, 0) is 29.7 Å². The van der Waals surface area contributed by atoms with Gasteiger partial charge in [0.2, 0.25) is 6.20 Å². The normalized spacial score (nSPS) is 11.2. The Hall–Kier alpha value is -1.88. The van der Waals surface area contributed by atoms with Crippen LogP contribution in [0.3, 0.4) is 0 Å². The molecule has 76 valence electrons. The highest BCUT2D eigenvalue weighted by molar-refractivity contribution is 7.19. The minimum atomic E-state index is -0.498. The van der Waals surface area contributed by atoms with Crippen LogP contribution in [0.15, 0.2) is 30.5 Å². The Bertz CT molecular complexity index is 545. The molecular formula is C10H7NO3S. The third-order valence-corrected chi connectivity index (χ3v) is 2.96. The molecule has 1 aromatic heterocycles. The number of phenols is 1.